The second kappa shape index (κ2) is 4.35. The molecule has 0 aromatic heterocycles. The largest absolute Gasteiger partial charge is 0.508 e. The Labute approximate surface area is 111 Å². The Morgan fingerprint density at radius 1 is 1.16 bits per heavy atom. The lowest BCUT2D eigenvalue weighted by molar-refractivity contribution is 0.410. The van der Waals surface area contributed by atoms with Crippen molar-refractivity contribution in [1.29, 1.82) is 0 Å². The van der Waals surface area contributed by atoms with Crippen molar-refractivity contribution in [2.45, 2.75) is 18.9 Å². The third-order valence-electron chi connectivity index (χ3n) is 3.92. The van der Waals surface area contributed by atoms with Gasteiger partial charge in [-0.05, 0) is 54.3 Å². The lowest BCUT2D eigenvalue weighted by Gasteiger charge is -2.38. The summed E-state index contributed by atoms with van der Waals surface area (Å²) >= 11 is 0. The highest BCUT2D eigenvalue weighted by Gasteiger charge is 2.33. The molecule has 2 N–H and O–H groups in total. The summed E-state index contributed by atoms with van der Waals surface area (Å²) in [7, 11) is 0. The fraction of sp³-hybridized carbons (Fsp3) is 0.250. The Kier molecular flexibility index (Phi) is 2.79. The molecule has 3 heteroatoms. The van der Waals surface area contributed by atoms with Gasteiger partial charge < -0.3 is 10.4 Å². The van der Waals surface area contributed by atoms with Crippen molar-refractivity contribution in [3.63, 3.8) is 0 Å². The van der Waals surface area contributed by atoms with E-state index in [2.05, 4.69) is 12.2 Å². The van der Waals surface area contributed by atoms with Crippen molar-refractivity contribution >= 4 is 0 Å². The average molecular weight is 257 g/mol. The Morgan fingerprint density at radius 3 is 2.63 bits per heavy atom. The molecule has 1 atom stereocenters. The first-order chi connectivity index (χ1) is 9.09. The maximum absolute atomic E-state index is 13.1. The predicted octanol–water partition coefficient (Wildman–Crippen LogP) is 2.94. The zero-order valence-corrected chi connectivity index (χ0v) is 10.8. The first kappa shape index (κ1) is 12.2. The first-order valence-corrected chi connectivity index (χ1v) is 6.43. The highest BCUT2D eigenvalue weighted by atomic mass is 19.1. The van der Waals surface area contributed by atoms with Gasteiger partial charge in [0.2, 0.25) is 0 Å². The number of phenolic OH excluding ortho intramolecular Hbond substituents is 1. The van der Waals surface area contributed by atoms with Gasteiger partial charge in [0.15, 0.2) is 0 Å². The Balaban J connectivity index is 2.13. The number of aromatic hydroxyl groups is 1. The Bertz CT molecular complexity index is 609. The summed E-state index contributed by atoms with van der Waals surface area (Å²) in [4.78, 5) is 0. The number of halogens is 1. The highest BCUT2D eigenvalue weighted by Crippen LogP contribution is 2.35. The van der Waals surface area contributed by atoms with E-state index in [0.29, 0.717) is 5.75 Å². The van der Waals surface area contributed by atoms with Gasteiger partial charge in [-0.15, -0.1) is 0 Å². The second-order valence-electron chi connectivity index (χ2n) is 5.15. The highest BCUT2D eigenvalue weighted by molar-refractivity contribution is 5.47. The van der Waals surface area contributed by atoms with Gasteiger partial charge in [0, 0.05) is 6.54 Å². The predicted molar refractivity (Wildman–Crippen MR) is 72.7 cm³/mol. The van der Waals surface area contributed by atoms with Gasteiger partial charge in [-0.25, -0.2) is 4.39 Å². The molecule has 0 amide bonds. The van der Waals surface area contributed by atoms with Crippen molar-refractivity contribution in [3.8, 4) is 5.75 Å². The summed E-state index contributed by atoms with van der Waals surface area (Å²) in [6.45, 7) is 2.93. The van der Waals surface area contributed by atoms with Gasteiger partial charge in [-0.3, -0.25) is 0 Å². The third-order valence-corrected chi connectivity index (χ3v) is 3.92. The Morgan fingerprint density at radius 2 is 1.89 bits per heavy atom. The maximum Gasteiger partial charge on any atom is 0.123 e. The lowest BCUT2D eigenvalue weighted by Crippen LogP contribution is -2.45. The maximum atomic E-state index is 13.1. The number of hydrogen-bond acceptors (Lipinski definition) is 2. The molecule has 0 radical (unpaired) electrons. The van der Waals surface area contributed by atoms with Crippen molar-refractivity contribution in [2.75, 3.05) is 6.54 Å². The number of nitrogens with one attached hydrogen (secondary N) is 1. The summed E-state index contributed by atoms with van der Waals surface area (Å²) in [6.07, 6.45) is 0.889. The fourth-order valence-corrected chi connectivity index (χ4v) is 2.86. The van der Waals surface area contributed by atoms with Crippen molar-refractivity contribution in [1.82, 2.24) is 5.32 Å². The first-order valence-electron chi connectivity index (χ1n) is 6.43. The molecule has 3 rings (SSSR count). The lowest BCUT2D eigenvalue weighted by atomic mass is 9.79. The van der Waals surface area contributed by atoms with Crippen molar-refractivity contribution < 1.29 is 9.50 Å². The smallest absolute Gasteiger partial charge is 0.123 e. The molecule has 0 spiro atoms. The van der Waals surface area contributed by atoms with E-state index in [-0.39, 0.29) is 11.4 Å². The van der Waals surface area contributed by atoms with Crippen LogP contribution < -0.4 is 5.32 Å². The summed E-state index contributed by atoms with van der Waals surface area (Å²) in [6, 6.07) is 12.0. The molecule has 1 heterocycles. The molecule has 19 heavy (non-hydrogen) atoms. The second-order valence-corrected chi connectivity index (χ2v) is 5.15. The van der Waals surface area contributed by atoms with Crippen molar-refractivity contribution in [3.05, 3.63) is 65.0 Å². The standard InChI is InChI=1S/C16H16FNO/c1-16(12-2-4-13(17)5-3-12)15-7-6-14(19)10-11(15)8-9-18-16/h2-7,10,18-19H,8-9H2,1H3. The van der Waals surface area contributed by atoms with Crippen LogP contribution in [0.1, 0.15) is 23.6 Å². The molecule has 0 fully saturated rings. The normalized spacial score (nSPS) is 22.0. The average Bonchev–Trinajstić information content (AvgIpc) is 2.39. The molecular weight excluding hydrogens is 241 g/mol. The van der Waals surface area contributed by atoms with E-state index in [1.165, 1.54) is 12.1 Å². The minimum absolute atomic E-state index is 0.228. The summed E-state index contributed by atoms with van der Waals surface area (Å²) < 4.78 is 13.1. The van der Waals surface area contributed by atoms with E-state index in [1.54, 1.807) is 6.07 Å². The third kappa shape index (κ3) is 2.00. The minimum Gasteiger partial charge on any atom is -0.508 e. The molecule has 1 aliphatic heterocycles. The SMILES string of the molecule is CC1(c2ccc(F)cc2)NCCc2cc(O)ccc21. The number of benzene rings is 2. The molecule has 98 valence electrons. The van der Waals surface area contributed by atoms with Gasteiger partial charge >= 0.3 is 0 Å². The molecule has 1 unspecified atom stereocenters. The molecule has 0 aliphatic carbocycles. The topological polar surface area (TPSA) is 32.3 Å². The van der Waals surface area contributed by atoms with Gasteiger partial charge in [0.05, 0.1) is 5.54 Å². The number of rotatable bonds is 1. The minimum atomic E-state index is -0.338. The van der Waals surface area contributed by atoms with E-state index < -0.39 is 0 Å². The van der Waals surface area contributed by atoms with Crippen LogP contribution in [0.15, 0.2) is 42.5 Å². The van der Waals surface area contributed by atoms with Gasteiger partial charge in [0.1, 0.15) is 11.6 Å². The van der Waals surface area contributed by atoms with Gasteiger partial charge in [-0.2, -0.15) is 0 Å². The molecule has 2 aromatic carbocycles. The summed E-state index contributed by atoms with van der Waals surface area (Å²) in [5.41, 5.74) is 2.98. The van der Waals surface area contributed by atoms with E-state index >= 15 is 0 Å². The number of hydrogen-bond donors (Lipinski definition) is 2. The quantitative estimate of drug-likeness (QED) is 0.823. The van der Waals surface area contributed by atoms with Crippen molar-refractivity contribution in [2.24, 2.45) is 0 Å². The van der Waals surface area contributed by atoms with Crippen LogP contribution >= 0.6 is 0 Å². The van der Waals surface area contributed by atoms with E-state index in [0.717, 1.165) is 29.7 Å². The zero-order chi connectivity index (χ0) is 13.5. The molecule has 2 nitrogen and oxygen atoms in total. The molecule has 2 aromatic rings. The van der Waals surface area contributed by atoms with Crippen LogP contribution in [-0.2, 0) is 12.0 Å². The van der Waals surface area contributed by atoms with Crippen LogP contribution in [0.25, 0.3) is 0 Å². The van der Waals surface area contributed by atoms with Crippen LogP contribution in [0.2, 0.25) is 0 Å². The number of phenols is 1. The van der Waals surface area contributed by atoms with Crippen LogP contribution in [0.4, 0.5) is 4.39 Å². The van der Waals surface area contributed by atoms with Crippen LogP contribution in [-0.4, -0.2) is 11.7 Å². The molecular formula is C16H16FNO. The van der Waals surface area contributed by atoms with Crippen LogP contribution in [0, 0.1) is 5.82 Å². The van der Waals surface area contributed by atoms with Gasteiger partial charge in [-0.1, -0.05) is 18.2 Å². The summed E-state index contributed by atoms with van der Waals surface area (Å²) in [5, 5.41) is 13.1. The van der Waals surface area contributed by atoms with Crippen LogP contribution in [0.3, 0.4) is 0 Å². The molecule has 0 saturated heterocycles. The monoisotopic (exact) mass is 257 g/mol. The molecule has 0 bridgehead atoms. The van der Waals surface area contributed by atoms with E-state index in [4.69, 9.17) is 0 Å². The fourth-order valence-electron chi connectivity index (χ4n) is 2.86. The Hall–Kier alpha value is -1.87. The molecule has 1 aliphatic rings. The van der Waals surface area contributed by atoms with Gasteiger partial charge in [0.25, 0.3) is 0 Å². The van der Waals surface area contributed by atoms with Crippen LogP contribution in [0.5, 0.6) is 5.75 Å². The van der Waals surface area contributed by atoms with E-state index in [9.17, 15) is 9.50 Å². The van der Waals surface area contributed by atoms with E-state index in [1.807, 2.05) is 24.3 Å². The zero-order valence-electron chi connectivity index (χ0n) is 10.8. The molecule has 0 saturated carbocycles. The number of fused-ring (bicyclic) bond motifs is 1. The summed E-state index contributed by atoms with van der Waals surface area (Å²) in [5.74, 6) is 0.0659.